The molecule has 0 aromatic heterocycles. The van der Waals surface area contributed by atoms with Crippen molar-refractivity contribution in [2.75, 3.05) is 39.8 Å². The van der Waals surface area contributed by atoms with Gasteiger partial charge in [-0.25, -0.2) is 0 Å². The topological polar surface area (TPSA) is 58.8 Å². The van der Waals surface area contributed by atoms with Crippen LogP contribution in [0.15, 0.2) is 18.2 Å². The van der Waals surface area contributed by atoms with Crippen molar-refractivity contribution in [2.24, 2.45) is 5.73 Å². The van der Waals surface area contributed by atoms with Crippen LogP contribution in [0.4, 0.5) is 0 Å². The van der Waals surface area contributed by atoms with Crippen LogP contribution in [0, 0.1) is 6.92 Å². The quantitative estimate of drug-likeness (QED) is 0.904. The molecule has 0 radical (unpaired) electrons. The number of carbonyl (C=O) groups is 1. The van der Waals surface area contributed by atoms with Crippen LogP contribution in [0.5, 0.6) is 5.75 Å². The number of aryl methyl sites for hydroxylation is 1. The lowest BCUT2D eigenvalue weighted by Gasteiger charge is -2.32. The predicted molar refractivity (Wildman–Crippen MR) is 83.4 cm³/mol. The molecule has 1 aliphatic heterocycles. The minimum Gasteiger partial charge on any atom is -0.483 e. The molecule has 1 fully saturated rings. The zero-order valence-electron chi connectivity index (χ0n) is 13.1. The average molecular weight is 291 g/mol. The Kier molecular flexibility index (Phi) is 5.20. The molecule has 1 aromatic rings. The fraction of sp³-hybridized carbons (Fsp3) is 0.562. The summed E-state index contributed by atoms with van der Waals surface area (Å²) in [4.78, 5) is 16.3. The van der Waals surface area contributed by atoms with E-state index in [0.717, 1.165) is 37.3 Å². The molecular weight excluding hydrogens is 266 g/mol. The van der Waals surface area contributed by atoms with E-state index in [1.165, 1.54) is 0 Å². The second kappa shape index (κ2) is 6.91. The first-order valence-electron chi connectivity index (χ1n) is 7.42. The maximum atomic E-state index is 12.2. The Morgan fingerprint density at radius 1 is 1.33 bits per heavy atom. The fourth-order valence-electron chi connectivity index (χ4n) is 2.43. The summed E-state index contributed by atoms with van der Waals surface area (Å²) in [6, 6.07) is 5.80. The lowest BCUT2D eigenvalue weighted by Crippen LogP contribution is -2.48. The van der Waals surface area contributed by atoms with E-state index in [9.17, 15) is 4.79 Å². The van der Waals surface area contributed by atoms with E-state index in [2.05, 4.69) is 11.9 Å². The van der Waals surface area contributed by atoms with Crippen LogP contribution in [0.3, 0.4) is 0 Å². The Bertz CT molecular complexity index is 494. The monoisotopic (exact) mass is 291 g/mol. The van der Waals surface area contributed by atoms with E-state index in [0.29, 0.717) is 5.75 Å². The van der Waals surface area contributed by atoms with Crippen LogP contribution in [-0.2, 0) is 4.79 Å². The van der Waals surface area contributed by atoms with Crippen LogP contribution in [0.2, 0.25) is 0 Å². The molecule has 116 valence electrons. The summed E-state index contributed by atoms with van der Waals surface area (Å²) in [5, 5.41) is 0. The van der Waals surface area contributed by atoms with E-state index in [4.69, 9.17) is 10.5 Å². The highest BCUT2D eigenvalue weighted by atomic mass is 16.5. The molecular formula is C16H25N3O2. The molecule has 0 bridgehead atoms. The van der Waals surface area contributed by atoms with E-state index in [-0.39, 0.29) is 18.6 Å². The van der Waals surface area contributed by atoms with Crippen LogP contribution >= 0.6 is 0 Å². The molecule has 0 aliphatic carbocycles. The molecule has 1 atom stereocenters. The number of rotatable bonds is 4. The van der Waals surface area contributed by atoms with Crippen LogP contribution in [0.25, 0.3) is 0 Å². The van der Waals surface area contributed by atoms with Gasteiger partial charge in [0.2, 0.25) is 0 Å². The first-order chi connectivity index (χ1) is 9.97. The second-order valence-corrected chi connectivity index (χ2v) is 5.80. The van der Waals surface area contributed by atoms with E-state index >= 15 is 0 Å². The number of amides is 1. The van der Waals surface area contributed by atoms with Crippen LogP contribution in [0.1, 0.15) is 24.1 Å². The minimum atomic E-state index is -0.112. The number of hydrogen-bond donors (Lipinski definition) is 1. The molecule has 2 rings (SSSR count). The Morgan fingerprint density at radius 2 is 2.00 bits per heavy atom. The van der Waals surface area contributed by atoms with Crippen molar-refractivity contribution in [1.29, 1.82) is 0 Å². The van der Waals surface area contributed by atoms with Gasteiger partial charge in [0.15, 0.2) is 6.61 Å². The number of nitrogens with two attached hydrogens (primary N) is 1. The highest BCUT2D eigenvalue weighted by Crippen LogP contribution is 2.25. The summed E-state index contributed by atoms with van der Waals surface area (Å²) >= 11 is 0. The number of carbonyl (C=O) groups excluding carboxylic acids is 1. The highest BCUT2D eigenvalue weighted by Gasteiger charge is 2.20. The maximum Gasteiger partial charge on any atom is 0.260 e. The van der Waals surface area contributed by atoms with Gasteiger partial charge in [-0.05, 0) is 32.5 Å². The summed E-state index contributed by atoms with van der Waals surface area (Å²) in [5.74, 6) is 0.757. The largest absolute Gasteiger partial charge is 0.483 e. The van der Waals surface area contributed by atoms with Crippen LogP contribution < -0.4 is 10.5 Å². The van der Waals surface area contributed by atoms with Gasteiger partial charge in [-0.15, -0.1) is 0 Å². The number of hydrogen-bond acceptors (Lipinski definition) is 4. The lowest BCUT2D eigenvalue weighted by atomic mass is 10.1. The molecule has 21 heavy (non-hydrogen) atoms. The number of ether oxygens (including phenoxy) is 1. The van der Waals surface area contributed by atoms with E-state index < -0.39 is 0 Å². The molecule has 2 N–H and O–H groups in total. The third-order valence-electron chi connectivity index (χ3n) is 3.87. The van der Waals surface area contributed by atoms with Crippen molar-refractivity contribution in [3.63, 3.8) is 0 Å². The van der Waals surface area contributed by atoms with Crippen LogP contribution in [-0.4, -0.2) is 55.5 Å². The number of nitrogens with zero attached hydrogens (tertiary/aromatic N) is 2. The van der Waals surface area contributed by atoms with Crippen molar-refractivity contribution in [3.05, 3.63) is 29.3 Å². The highest BCUT2D eigenvalue weighted by molar-refractivity contribution is 5.78. The van der Waals surface area contributed by atoms with Gasteiger partial charge in [0.25, 0.3) is 5.91 Å². The summed E-state index contributed by atoms with van der Waals surface area (Å²) in [6.45, 7) is 7.37. The lowest BCUT2D eigenvalue weighted by molar-refractivity contribution is -0.134. The van der Waals surface area contributed by atoms with Gasteiger partial charge in [0.1, 0.15) is 5.75 Å². The van der Waals surface area contributed by atoms with Gasteiger partial charge >= 0.3 is 0 Å². The van der Waals surface area contributed by atoms with Gasteiger partial charge in [0, 0.05) is 37.8 Å². The van der Waals surface area contributed by atoms with Crippen molar-refractivity contribution < 1.29 is 9.53 Å². The minimum absolute atomic E-state index is 0.0419. The van der Waals surface area contributed by atoms with E-state index in [1.807, 2.05) is 36.9 Å². The summed E-state index contributed by atoms with van der Waals surface area (Å²) < 4.78 is 5.74. The third-order valence-corrected chi connectivity index (χ3v) is 3.87. The third kappa shape index (κ3) is 4.19. The second-order valence-electron chi connectivity index (χ2n) is 5.80. The SMILES string of the molecule is Cc1ccc([C@H](C)N)c(OCC(=O)N2CCN(C)CC2)c1. The van der Waals surface area contributed by atoms with Crippen molar-refractivity contribution in [3.8, 4) is 5.75 Å². The predicted octanol–water partition coefficient (Wildman–Crippen LogP) is 1.17. The molecule has 1 heterocycles. The molecule has 0 unspecified atom stereocenters. The zero-order chi connectivity index (χ0) is 15.4. The molecule has 1 amide bonds. The van der Waals surface area contributed by atoms with Crippen molar-refractivity contribution >= 4 is 5.91 Å². The Balaban J connectivity index is 1.96. The number of benzene rings is 1. The Hall–Kier alpha value is -1.59. The van der Waals surface area contributed by atoms with E-state index in [1.54, 1.807) is 0 Å². The van der Waals surface area contributed by atoms with Gasteiger partial charge in [-0.2, -0.15) is 0 Å². The van der Waals surface area contributed by atoms with Crippen molar-refractivity contribution in [1.82, 2.24) is 9.80 Å². The summed E-state index contributed by atoms with van der Waals surface area (Å²) in [6.07, 6.45) is 0. The smallest absolute Gasteiger partial charge is 0.260 e. The first-order valence-corrected chi connectivity index (χ1v) is 7.42. The summed E-state index contributed by atoms with van der Waals surface area (Å²) in [7, 11) is 2.07. The normalized spacial score (nSPS) is 17.6. The van der Waals surface area contributed by atoms with Crippen molar-refractivity contribution in [2.45, 2.75) is 19.9 Å². The first kappa shape index (κ1) is 15.8. The van der Waals surface area contributed by atoms with Gasteiger partial charge < -0.3 is 20.3 Å². The maximum absolute atomic E-state index is 12.2. The average Bonchev–Trinajstić information content (AvgIpc) is 2.45. The number of piperazine rings is 1. The molecule has 1 aromatic carbocycles. The Morgan fingerprint density at radius 3 is 2.62 bits per heavy atom. The molecule has 5 nitrogen and oxygen atoms in total. The zero-order valence-corrected chi connectivity index (χ0v) is 13.1. The molecule has 1 saturated heterocycles. The summed E-state index contributed by atoms with van der Waals surface area (Å²) in [5.41, 5.74) is 7.98. The molecule has 1 aliphatic rings. The molecule has 0 saturated carbocycles. The molecule has 0 spiro atoms. The Labute approximate surface area is 126 Å². The fourth-order valence-corrected chi connectivity index (χ4v) is 2.43. The van der Waals surface area contributed by atoms with Gasteiger partial charge in [0.05, 0.1) is 0 Å². The molecule has 5 heteroatoms. The standard InChI is InChI=1S/C16H25N3O2/c1-12-4-5-14(13(2)17)15(10-12)21-11-16(20)19-8-6-18(3)7-9-19/h4-5,10,13H,6-9,11,17H2,1-3H3/t13-/m0/s1. The van der Waals surface area contributed by atoms with Gasteiger partial charge in [-0.3, -0.25) is 4.79 Å². The number of likely N-dealkylation sites (N-methyl/N-ethyl adjacent to an activating group) is 1. The van der Waals surface area contributed by atoms with Gasteiger partial charge in [-0.1, -0.05) is 12.1 Å².